The number of imidazole rings is 1. The van der Waals surface area contributed by atoms with Crippen LogP contribution in [0.25, 0.3) is 11.0 Å². The number of nitrogens with zero attached hydrogens (tertiary/aromatic N) is 2. The lowest BCUT2D eigenvalue weighted by Crippen LogP contribution is -2.00. The minimum atomic E-state index is -0.417. The van der Waals surface area contributed by atoms with Crippen molar-refractivity contribution < 1.29 is 14.4 Å². The third kappa shape index (κ3) is 2.50. The summed E-state index contributed by atoms with van der Waals surface area (Å²) < 4.78 is 10.7. The van der Waals surface area contributed by atoms with Crippen molar-refractivity contribution >= 4 is 22.7 Å². The molecular weight excluding hydrogens is 300 g/mol. The Morgan fingerprint density at radius 3 is 2.70 bits per heavy atom. The average Bonchev–Trinajstić information content (AvgIpc) is 3.16. The second-order valence-electron chi connectivity index (χ2n) is 5.09. The maximum absolute atomic E-state index is 10.6. The van der Waals surface area contributed by atoms with Crippen molar-refractivity contribution in [3.05, 3.63) is 52.1 Å². The van der Waals surface area contributed by atoms with E-state index in [9.17, 15) is 10.1 Å². The summed E-state index contributed by atoms with van der Waals surface area (Å²) in [6.45, 7) is 0.734. The molecule has 0 amide bonds. The molecule has 2 heterocycles. The van der Waals surface area contributed by atoms with Gasteiger partial charge >= 0.3 is 0 Å². The SMILES string of the molecule is O=[N+]([O-])c1ccc(CNc2nc3cc4c(cc3[nH]2)OCO4)cc1. The van der Waals surface area contributed by atoms with Crippen LogP contribution in [0, 0.1) is 10.1 Å². The number of H-pyrrole nitrogens is 1. The van der Waals surface area contributed by atoms with Crippen molar-refractivity contribution in [2.75, 3.05) is 12.1 Å². The van der Waals surface area contributed by atoms with E-state index in [4.69, 9.17) is 9.47 Å². The number of benzene rings is 2. The van der Waals surface area contributed by atoms with Gasteiger partial charge in [-0.1, -0.05) is 12.1 Å². The van der Waals surface area contributed by atoms with E-state index in [1.807, 2.05) is 12.1 Å². The lowest BCUT2D eigenvalue weighted by molar-refractivity contribution is -0.384. The first kappa shape index (κ1) is 13.4. The van der Waals surface area contributed by atoms with Crippen molar-refractivity contribution in [3.63, 3.8) is 0 Å². The molecule has 4 rings (SSSR count). The summed E-state index contributed by atoms with van der Waals surface area (Å²) in [5.74, 6) is 2.00. The van der Waals surface area contributed by atoms with Crippen LogP contribution in [0.1, 0.15) is 5.56 Å². The van der Waals surface area contributed by atoms with Crippen molar-refractivity contribution in [2.45, 2.75) is 6.54 Å². The van der Waals surface area contributed by atoms with Gasteiger partial charge in [-0.05, 0) is 5.56 Å². The molecule has 1 aliphatic rings. The molecule has 0 unspecified atom stereocenters. The highest BCUT2D eigenvalue weighted by molar-refractivity contribution is 5.81. The number of nitro groups is 1. The van der Waals surface area contributed by atoms with Crippen LogP contribution >= 0.6 is 0 Å². The van der Waals surface area contributed by atoms with Gasteiger partial charge in [0, 0.05) is 30.8 Å². The Hall–Kier alpha value is -3.29. The number of fused-ring (bicyclic) bond motifs is 2. The Morgan fingerprint density at radius 1 is 1.22 bits per heavy atom. The molecule has 116 valence electrons. The molecule has 0 fully saturated rings. The van der Waals surface area contributed by atoms with Crippen LogP contribution in [-0.4, -0.2) is 21.7 Å². The van der Waals surface area contributed by atoms with E-state index < -0.39 is 4.92 Å². The minimum absolute atomic E-state index is 0.0759. The Morgan fingerprint density at radius 2 is 1.96 bits per heavy atom. The third-order valence-electron chi connectivity index (χ3n) is 3.58. The summed E-state index contributed by atoms with van der Waals surface area (Å²) in [6.07, 6.45) is 0. The summed E-state index contributed by atoms with van der Waals surface area (Å²) in [5.41, 5.74) is 2.62. The molecule has 0 bridgehead atoms. The summed E-state index contributed by atoms with van der Waals surface area (Å²) in [5, 5.41) is 13.8. The van der Waals surface area contributed by atoms with Crippen LogP contribution in [0.15, 0.2) is 36.4 Å². The van der Waals surface area contributed by atoms with Crippen LogP contribution < -0.4 is 14.8 Å². The summed E-state index contributed by atoms with van der Waals surface area (Å²) in [4.78, 5) is 17.8. The smallest absolute Gasteiger partial charge is 0.269 e. The van der Waals surface area contributed by atoms with Gasteiger partial charge < -0.3 is 19.8 Å². The summed E-state index contributed by atoms with van der Waals surface area (Å²) in [6, 6.07) is 10.1. The number of ether oxygens (including phenoxy) is 2. The van der Waals surface area contributed by atoms with Gasteiger partial charge in [0.25, 0.3) is 5.69 Å². The van der Waals surface area contributed by atoms with E-state index >= 15 is 0 Å². The summed E-state index contributed by atoms with van der Waals surface area (Å²) >= 11 is 0. The van der Waals surface area contributed by atoms with Crippen molar-refractivity contribution in [1.29, 1.82) is 0 Å². The number of nitro benzene ring substituents is 1. The molecule has 23 heavy (non-hydrogen) atoms. The zero-order valence-corrected chi connectivity index (χ0v) is 11.9. The van der Waals surface area contributed by atoms with Gasteiger partial charge in [0.1, 0.15) is 0 Å². The van der Waals surface area contributed by atoms with Gasteiger partial charge in [-0.3, -0.25) is 10.1 Å². The number of hydrogen-bond donors (Lipinski definition) is 2. The second kappa shape index (κ2) is 5.16. The van der Waals surface area contributed by atoms with Crippen LogP contribution in [0.2, 0.25) is 0 Å². The lowest BCUT2D eigenvalue weighted by atomic mass is 10.2. The molecule has 0 aliphatic carbocycles. The normalized spacial score (nSPS) is 12.5. The fourth-order valence-corrected chi connectivity index (χ4v) is 2.40. The summed E-state index contributed by atoms with van der Waals surface area (Å²) in [7, 11) is 0. The Bertz CT molecular complexity index is 847. The van der Waals surface area contributed by atoms with E-state index in [2.05, 4.69) is 15.3 Å². The second-order valence-corrected chi connectivity index (χ2v) is 5.09. The van der Waals surface area contributed by atoms with E-state index in [0.717, 1.165) is 16.6 Å². The molecule has 0 saturated heterocycles. The molecule has 0 atom stereocenters. The molecule has 0 saturated carbocycles. The lowest BCUT2D eigenvalue weighted by Gasteiger charge is -2.02. The highest BCUT2D eigenvalue weighted by Gasteiger charge is 2.16. The number of aromatic amines is 1. The molecule has 1 aromatic heterocycles. The topological polar surface area (TPSA) is 102 Å². The number of hydrogen-bond acceptors (Lipinski definition) is 6. The minimum Gasteiger partial charge on any atom is -0.454 e. The van der Waals surface area contributed by atoms with Crippen LogP contribution in [0.4, 0.5) is 11.6 Å². The van der Waals surface area contributed by atoms with E-state index in [0.29, 0.717) is 24.0 Å². The number of nitrogens with one attached hydrogen (secondary N) is 2. The Kier molecular flexibility index (Phi) is 3.00. The molecular formula is C15H12N4O4. The molecule has 0 spiro atoms. The number of non-ortho nitro benzene ring substituents is 1. The van der Waals surface area contributed by atoms with Gasteiger partial charge in [-0.25, -0.2) is 4.98 Å². The zero-order valence-electron chi connectivity index (χ0n) is 11.9. The fourth-order valence-electron chi connectivity index (χ4n) is 2.40. The van der Waals surface area contributed by atoms with Gasteiger partial charge in [-0.15, -0.1) is 0 Å². The molecule has 0 radical (unpaired) electrons. The molecule has 1 aliphatic heterocycles. The van der Waals surface area contributed by atoms with Gasteiger partial charge in [-0.2, -0.15) is 0 Å². The number of anilines is 1. The van der Waals surface area contributed by atoms with Gasteiger partial charge in [0.2, 0.25) is 12.7 Å². The predicted octanol–water partition coefficient (Wildman–Crippen LogP) is 2.81. The fraction of sp³-hybridized carbons (Fsp3) is 0.133. The monoisotopic (exact) mass is 312 g/mol. The largest absolute Gasteiger partial charge is 0.454 e. The average molecular weight is 312 g/mol. The third-order valence-corrected chi connectivity index (χ3v) is 3.58. The van der Waals surface area contributed by atoms with Crippen LogP contribution in [-0.2, 0) is 6.54 Å². The molecule has 8 nitrogen and oxygen atoms in total. The zero-order chi connectivity index (χ0) is 15.8. The molecule has 2 aromatic carbocycles. The van der Waals surface area contributed by atoms with Crippen LogP contribution in [0.3, 0.4) is 0 Å². The standard InChI is InChI=1S/C15H12N4O4/c20-19(21)10-3-1-9(2-4-10)7-16-15-17-11-5-13-14(23-8-22-13)6-12(11)18-15/h1-6H,7-8H2,(H2,16,17,18). The number of aromatic nitrogens is 2. The van der Waals surface area contributed by atoms with Crippen molar-refractivity contribution in [2.24, 2.45) is 0 Å². The number of rotatable bonds is 4. The first-order valence-electron chi connectivity index (χ1n) is 6.95. The van der Waals surface area contributed by atoms with Gasteiger partial charge in [0.15, 0.2) is 11.5 Å². The van der Waals surface area contributed by atoms with Gasteiger partial charge in [0.05, 0.1) is 16.0 Å². The first-order chi connectivity index (χ1) is 11.2. The Balaban J connectivity index is 1.50. The molecule has 3 aromatic rings. The quantitative estimate of drug-likeness (QED) is 0.567. The van der Waals surface area contributed by atoms with Crippen molar-refractivity contribution in [3.8, 4) is 11.5 Å². The maximum Gasteiger partial charge on any atom is 0.269 e. The van der Waals surface area contributed by atoms with E-state index in [-0.39, 0.29) is 12.5 Å². The predicted molar refractivity (Wildman–Crippen MR) is 82.6 cm³/mol. The maximum atomic E-state index is 10.6. The highest BCUT2D eigenvalue weighted by atomic mass is 16.7. The highest BCUT2D eigenvalue weighted by Crippen LogP contribution is 2.35. The molecule has 2 N–H and O–H groups in total. The van der Waals surface area contributed by atoms with Crippen LogP contribution in [0.5, 0.6) is 11.5 Å². The molecule has 8 heteroatoms. The Labute approximate surface area is 130 Å². The van der Waals surface area contributed by atoms with E-state index in [1.165, 1.54) is 12.1 Å². The van der Waals surface area contributed by atoms with E-state index in [1.54, 1.807) is 12.1 Å². The first-order valence-corrected chi connectivity index (χ1v) is 6.95. The van der Waals surface area contributed by atoms with Crippen molar-refractivity contribution in [1.82, 2.24) is 9.97 Å².